The second-order valence-corrected chi connectivity index (χ2v) is 8.28. The molecule has 20 heavy (non-hydrogen) atoms. The first-order valence-corrected chi connectivity index (χ1v) is 9.41. The van der Waals surface area contributed by atoms with Gasteiger partial charge < -0.3 is 11.1 Å². The Morgan fingerprint density at radius 1 is 1.30 bits per heavy atom. The Morgan fingerprint density at radius 3 is 2.40 bits per heavy atom. The van der Waals surface area contributed by atoms with Crippen molar-refractivity contribution >= 4 is 37.6 Å². The van der Waals surface area contributed by atoms with Crippen LogP contribution in [-0.2, 0) is 9.84 Å². The number of hydrogen-bond donors (Lipinski definition) is 2. The Balaban J connectivity index is 2.40. The minimum Gasteiger partial charge on any atom is -0.396 e. The van der Waals surface area contributed by atoms with E-state index in [1.807, 2.05) is 0 Å². The number of nitrogens with two attached hydrogens (primary N) is 1. The molecule has 5 nitrogen and oxygen atoms in total. The highest BCUT2D eigenvalue weighted by Gasteiger charge is 2.27. The van der Waals surface area contributed by atoms with Gasteiger partial charge in [-0.1, -0.05) is 19.3 Å². The van der Waals surface area contributed by atoms with Crippen LogP contribution >= 0.6 is 11.3 Å². The second kappa shape index (κ2) is 5.73. The van der Waals surface area contributed by atoms with Crippen molar-refractivity contribution in [1.29, 1.82) is 0 Å². The van der Waals surface area contributed by atoms with Gasteiger partial charge in [-0.3, -0.25) is 4.79 Å². The predicted octanol–water partition coefficient (Wildman–Crippen LogP) is 2.68. The molecule has 1 aliphatic rings. The van der Waals surface area contributed by atoms with Gasteiger partial charge in [-0.25, -0.2) is 8.42 Å². The Kier molecular flexibility index (Phi) is 4.39. The molecule has 1 aromatic heterocycles. The Labute approximate surface area is 123 Å². The van der Waals surface area contributed by atoms with Gasteiger partial charge in [-0.15, -0.1) is 11.3 Å². The first kappa shape index (κ1) is 15.3. The monoisotopic (exact) mass is 316 g/mol. The van der Waals surface area contributed by atoms with E-state index >= 15 is 0 Å². The number of nitrogen functional groups attached to an aromatic ring is 1. The summed E-state index contributed by atoms with van der Waals surface area (Å²) < 4.78 is 23.9. The molecule has 7 heteroatoms. The Morgan fingerprint density at radius 2 is 1.90 bits per heavy atom. The lowest BCUT2D eigenvalue weighted by Crippen LogP contribution is -2.22. The lowest BCUT2D eigenvalue weighted by molar-refractivity contribution is 0.102. The van der Waals surface area contributed by atoms with Gasteiger partial charge >= 0.3 is 0 Å². The van der Waals surface area contributed by atoms with Crippen molar-refractivity contribution in [3.8, 4) is 0 Å². The lowest BCUT2D eigenvalue weighted by atomic mass is 9.96. The average molecular weight is 316 g/mol. The molecule has 0 unspecified atom stereocenters. The van der Waals surface area contributed by atoms with Crippen LogP contribution in [0.1, 0.15) is 48.7 Å². The molecular weight excluding hydrogens is 296 g/mol. The number of thiophene rings is 1. The van der Waals surface area contributed by atoms with E-state index in [1.165, 1.54) is 13.3 Å². The quantitative estimate of drug-likeness (QED) is 0.834. The molecule has 1 heterocycles. The Hall–Kier alpha value is -1.08. The van der Waals surface area contributed by atoms with Crippen LogP contribution in [0, 0.1) is 0 Å². The summed E-state index contributed by atoms with van der Waals surface area (Å²) in [6, 6.07) is 0.266. The zero-order valence-electron chi connectivity index (χ0n) is 11.7. The number of Topliss-reactive ketones (excluding diaryl/α,β-unsaturated/α-hetero) is 1. The summed E-state index contributed by atoms with van der Waals surface area (Å²) in [7, 11) is -3.46. The molecule has 0 radical (unpaired) electrons. The second-order valence-electron chi connectivity index (χ2n) is 5.31. The molecule has 112 valence electrons. The molecule has 1 saturated carbocycles. The molecule has 1 aliphatic carbocycles. The highest BCUT2D eigenvalue weighted by Crippen LogP contribution is 2.40. The van der Waals surface area contributed by atoms with Gasteiger partial charge in [-0.05, 0) is 12.8 Å². The number of ketones is 1. The zero-order valence-corrected chi connectivity index (χ0v) is 13.4. The van der Waals surface area contributed by atoms with Crippen LogP contribution in [0.2, 0.25) is 0 Å². The van der Waals surface area contributed by atoms with Crippen molar-refractivity contribution in [2.24, 2.45) is 0 Å². The summed E-state index contributed by atoms with van der Waals surface area (Å²) in [4.78, 5) is 12.0. The van der Waals surface area contributed by atoms with Gasteiger partial charge in [0.05, 0.1) is 10.6 Å². The minimum atomic E-state index is -3.46. The first-order chi connectivity index (χ1) is 9.30. The van der Waals surface area contributed by atoms with E-state index in [1.54, 1.807) is 0 Å². The van der Waals surface area contributed by atoms with Crippen molar-refractivity contribution in [2.45, 2.75) is 50.0 Å². The molecule has 3 N–H and O–H groups in total. The minimum absolute atomic E-state index is 0.0817. The normalized spacial score (nSPS) is 17.1. The van der Waals surface area contributed by atoms with Gasteiger partial charge in [-0.2, -0.15) is 0 Å². The van der Waals surface area contributed by atoms with Gasteiger partial charge in [0, 0.05) is 19.2 Å². The summed E-state index contributed by atoms with van der Waals surface area (Å²) in [5.41, 5.74) is 5.95. The van der Waals surface area contributed by atoms with E-state index in [9.17, 15) is 13.2 Å². The molecule has 0 bridgehead atoms. The molecule has 0 atom stereocenters. The van der Waals surface area contributed by atoms with Crippen LogP contribution < -0.4 is 11.1 Å². The molecule has 2 rings (SSSR count). The highest BCUT2D eigenvalue weighted by atomic mass is 32.2. The summed E-state index contributed by atoms with van der Waals surface area (Å²) in [6.07, 6.45) is 6.69. The van der Waals surface area contributed by atoms with E-state index < -0.39 is 9.84 Å². The van der Waals surface area contributed by atoms with Gasteiger partial charge in [0.25, 0.3) is 0 Å². The maximum absolute atomic E-state index is 11.9. The number of rotatable bonds is 4. The largest absolute Gasteiger partial charge is 0.396 e. The van der Waals surface area contributed by atoms with Crippen LogP contribution in [0.5, 0.6) is 0 Å². The van der Waals surface area contributed by atoms with E-state index in [0.717, 1.165) is 43.3 Å². The maximum atomic E-state index is 11.9. The number of carbonyl (C=O) groups is 1. The average Bonchev–Trinajstić information content (AvgIpc) is 2.67. The lowest BCUT2D eigenvalue weighted by Gasteiger charge is -2.23. The molecule has 1 fully saturated rings. The summed E-state index contributed by atoms with van der Waals surface area (Å²) in [5, 5.41) is 3.80. The predicted molar refractivity (Wildman–Crippen MR) is 82.3 cm³/mol. The van der Waals surface area contributed by atoms with Crippen LogP contribution in [-0.4, -0.2) is 26.5 Å². The van der Waals surface area contributed by atoms with Crippen LogP contribution in [0.25, 0.3) is 0 Å². The summed E-state index contributed by atoms with van der Waals surface area (Å²) in [6.45, 7) is 1.40. The van der Waals surface area contributed by atoms with Crippen molar-refractivity contribution in [3.05, 3.63) is 4.88 Å². The van der Waals surface area contributed by atoms with Crippen LogP contribution in [0.15, 0.2) is 4.90 Å². The summed E-state index contributed by atoms with van der Waals surface area (Å²) in [5.74, 6) is -0.200. The van der Waals surface area contributed by atoms with Gasteiger partial charge in [0.1, 0.15) is 9.90 Å². The van der Waals surface area contributed by atoms with Crippen molar-refractivity contribution in [2.75, 3.05) is 17.3 Å². The molecule has 0 saturated heterocycles. The molecule has 0 spiro atoms. The van der Waals surface area contributed by atoms with Crippen molar-refractivity contribution in [3.63, 3.8) is 0 Å². The fourth-order valence-electron chi connectivity index (χ4n) is 2.59. The molecule has 1 aromatic rings. The number of anilines is 2. The molecule has 0 amide bonds. The fourth-order valence-corrected chi connectivity index (χ4v) is 5.11. The Bertz CT molecular complexity index is 614. The number of nitrogens with one attached hydrogen (secondary N) is 1. The first-order valence-electron chi connectivity index (χ1n) is 6.70. The fraction of sp³-hybridized carbons (Fsp3) is 0.615. The van der Waals surface area contributed by atoms with Crippen LogP contribution in [0.3, 0.4) is 0 Å². The maximum Gasteiger partial charge on any atom is 0.180 e. The van der Waals surface area contributed by atoms with Gasteiger partial charge in [0.15, 0.2) is 15.6 Å². The van der Waals surface area contributed by atoms with E-state index in [4.69, 9.17) is 5.73 Å². The van der Waals surface area contributed by atoms with Crippen LogP contribution in [0.4, 0.5) is 10.7 Å². The molecule has 0 aromatic carbocycles. The third-order valence-electron chi connectivity index (χ3n) is 3.53. The zero-order chi connectivity index (χ0) is 14.9. The van der Waals surface area contributed by atoms with Gasteiger partial charge in [0.2, 0.25) is 0 Å². The topological polar surface area (TPSA) is 89.3 Å². The highest BCUT2D eigenvalue weighted by molar-refractivity contribution is 7.91. The van der Waals surface area contributed by atoms with Crippen molar-refractivity contribution < 1.29 is 13.2 Å². The summed E-state index contributed by atoms with van der Waals surface area (Å²) >= 11 is 1.15. The molecule has 0 aliphatic heterocycles. The van der Waals surface area contributed by atoms with E-state index in [-0.39, 0.29) is 22.4 Å². The van der Waals surface area contributed by atoms with E-state index in [0.29, 0.717) is 9.88 Å². The smallest absolute Gasteiger partial charge is 0.180 e. The third kappa shape index (κ3) is 3.15. The standard InChI is InChI=1S/C13H20N2O3S2/c1-8(16)11-10(14)12(20(2,17)18)13(19-11)15-9-6-4-3-5-7-9/h9,15H,3-7,14H2,1-2H3. The number of sulfone groups is 1. The number of hydrogen-bond acceptors (Lipinski definition) is 6. The molecular formula is C13H20N2O3S2. The number of carbonyl (C=O) groups excluding carboxylic acids is 1. The van der Waals surface area contributed by atoms with E-state index in [2.05, 4.69) is 5.32 Å². The van der Waals surface area contributed by atoms with Crippen molar-refractivity contribution in [1.82, 2.24) is 0 Å². The third-order valence-corrected chi connectivity index (χ3v) is 6.06. The SMILES string of the molecule is CC(=O)c1sc(NC2CCCCC2)c(S(C)(=O)=O)c1N.